The summed E-state index contributed by atoms with van der Waals surface area (Å²) in [5.74, 6) is 2.30. The maximum atomic E-state index is 4.77. The summed E-state index contributed by atoms with van der Waals surface area (Å²) in [6.07, 6.45) is 10.8. The minimum atomic E-state index is 1.04. The smallest absolute Gasteiger partial charge is 0.117 e. The van der Waals surface area contributed by atoms with Gasteiger partial charge in [0.2, 0.25) is 0 Å². The van der Waals surface area contributed by atoms with E-state index < -0.39 is 0 Å². The molecule has 0 bridgehead atoms. The standard InChI is InChI=1S/C16H17N2/c1-2-3-12-18-15-11-7-6-10-14(15)17-16(18)13-8-4-5-9-13/h4-11H,2-3,12H2,1H3. The van der Waals surface area contributed by atoms with Crippen molar-refractivity contribution in [3.05, 3.63) is 61.7 Å². The molecule has 91 valence electrons. The number of hydrogen-bond acceptors (Lipinski definition) is 1. The Kier molecular flexibility index (Phi) is 3.35. The highest BCUT2D eigenvalue weighted by Gasteiger charge is 2.24. The van der Waals surface area contributed by atoms with Crippen LogP contribution in [0.3, 0.4) is 0 Å². The average molecular weight is 237 g/mol. The fourth-order valence-electron chi connectivity index (χ4n) is 2.36. The van der Waals surface area contributed by atoms with Crippen molar-refractivity contribution in [1.29, 1.82) is 0 Å². The van der Waals surface area contributed by atoms with Gasteiger partial charge < -0.3 is 4.57 Å². The summed E-state index contributed by atoms with van der Waals surface area (Å²) in [7, 11) is 0. The van der Waals surface area contributed by atoms with Crippen LogP contribution < -0.4 is 0 Å². The number of hydrogen-bond donors (Lipinski definition) is 0. The number of aryl methyl sites for hydroxylation is 1. The van der Waals surface area contributed by atoms with E-state index in [1.54, 1.807) is 0 Å². The second-order valence-corrected chi connectivity index (χ2v) is 4.60. The van der Waals surface area contributed by atoms with Crippen LogP contribution in [0.2, 0.25) is 0 Å². The summed E-state index contributed by atoms with van der Waals surface area (Å²) in [6.45, 7) is 3.26. The fraction of sp³-hybridized carbons (Fsp3) is 0.250. The molecule has 0 amide bonds. The largest absolute Gasteiger partial charge is 0.327 e. The number of benzene rings is 1. The fourth-order valence-corrected chi connectivity index (χ4v) is 2.36. The van der Waals surface area contributed by atoms with Crippen LogP contribution >= 0.6 is 0 Å². The maximum absolute atomic E-state index is 4.77. The maximum Gasteiger partial charge on any atom is 0.117 e. The molecule has 0 spiro atoms. The van der Waals surface area contributed by atoms with E-state index in [1.807, 2.05) is 6.07 Å². The van der Waals surface area contributed by atoms with Crippen LogP contribution in [0.15, 0.2) is 24.3 Å². The molecule has 0 N–H and O–H groups in total. The molecule has 2 aromatic rings. The Labute approximate surface area is 109 Å². The third-order valence-electron chi connectivity index (χ3n) is 3.31. The Balaban J connectivity index is 2.04. The van der Waals surface area contributed by atoms with E-state index in [2.05, 4.69) is 55.4 Å². The van der Waals surface area contributed by atoms with Crippen molar-refractivity contribution in [2.75, 3.05) is 0 Å². The van der Waals surface area contributed by atoms with Gasteiger partial charge in [-0.15, -0.1) is 0 Å². The number of unbranched alkanes of at least 4 members (excludes halogenated alkanes) is 1. The van der Waals surface area contributed by atoms with Crippen LogP contribution in [0.1, 0.15) is 25.6 Å². The van der Waals surface area contributed by atoms with E-state index >= 15 is 0 Å². The first kappa shape index (κ1) is 11.8. The Hall–Kier alpha value is -1.31. The number of rotatable bonds is 4. The van der Waals surface area contributed by atoms with Gasteiger partial charge in [0.25, 0.3) is 0 Å². The molecule has 2 heteroatoms. The average Bonchev–Trinajstić information content (AvgIpc) is 3.03. The lowest BCUT2D eigenvalue weighted by Gasteiger charge is -2.12. The van der Waals surface area contributed by atoms with E-state index in [0.717, 1.165) is 17.9 Å². The molecule has 1 saturated carbocycles. The van der Waals surface area contributed by atoms with Crippen molar-refractivity contribution in [2.45, 2.75) is 26.3 Å². The van der Waals surface area contributed by atoms with Gasteiger partial charge in [-0.05, 0) is 44.2 Å². The summed E-state index contributed by atoms with van der Waals surface area (Å²) < 4.78 is 2.34. The van der Waals surface area contributed by atoms with Crippen LogP contribution in [0.4, 0.5) is 0 Å². The molecular weight excluding hydrogens is 220 g/mol. The molecule has 0 atom stereocenters. The van der Waals surface area contributed by atoms with Gasteiger partial charge in [-0.3, -0.25) is 0 Å². The zero-order chi connectivity index (χ0) is 12.4. The molecule has 0 unspecified atom stereocenters. The summed E-state index contributed by atoms with van der Waals surface area (Å²) in [5.41, 5.74) is 2.33. The Morgan fingerprint density at radius 2 is 1.89 bits per heavy atom. The topological polar surface area (TPSA) is 17.8 Å². The van der Waals surface area contributed by atoms with Gasteiger partial charge in [-0.25, -0.2) is 4.98 Å². The summed E-state index contributed by atoms with van der Waals surface area (Å²) in [6, 6.07) is 8.38. The second kappa shape index (κ2) is 5.13. The molecule has 1 aliphatic carbocycles. The van der Waals surface area contributed by atoms with Crippen molar-refractivity contribution < 1.29 is 0 Å². The molecule has 1 fully saturated rings. The number of aromatic nitrogens is 2. The van der Waals surface area contributed by atoms with E-state index in [4.69, 9.17) is 4.98 Å². The molecule has 5 radical (unpaired) electrons. The SMILES string of the molecule is CCCCn1c([C]2[CH][CH][CH][CH]2)nc2ccccc21. The summed E-state index contributed by atoms with van der Waals surface area (Å²) >= 11 is 0. The number of fused-ring (bicyclic) bond motifs is 1. The Morgan fingerprint density at radius 3 is 2.67 bits per heavy atom. The number of imidazole rings is 1. The molecule has 1 aliphatic rings. The molecular formula is C16H17N2. The van der Waals surface area contributed by atoms with Gasteiger partial charge in [0.1, 0.15) is 5.82 Å². The minimum absolute atomic E-state index is 1.04. The van der Waals surface area contributed by atoms with Gasteiger partial charge in [-0.2, -0.15) is 0 Å². The molecule has 2 nitrogen and oxygen atoms in total. The van der Waals surface area contributed by atoms with Crippen LogP contribution in [-0.4, -0.2) is 9.55 Å². The van der Waals surface area contributed by atoms with E-state index in [0.29, 0.717) is 0 Å². The summed E-state index contributed by atoms with van der Waals surface area (Å²) in [5, 5.41) is 0. The highest BCUT2D eigenvalue weighted by molar-refractivity contribution is 5.77. The molecule has 1 heterocycles. The van der Waals surface area contributed by atoms with Gasteiger partial charge in [0, 0.05) is 12.5 Å². The lowest BCUT2D eigenvalue weighted by molar-refractivity contribution is 0.629. The summed E-state index contributed by atoms with van der Waals surface area (Å²) in [4.78, 5) is 4.77. The monoisotopic (exact) mass is 237 g/mol. The normalized spacial score (nSPS) is 16.7. The molecule has 3 rings (SSSR count). The van der Waals surface area contributed by atoms with Crippen LogP contribution in [-0.2, 0) is 6.54 Å². The van der Waals surface area contributed by atoms with Crippen LogP contribution in [0.25, 0.3) is 11.0 Å². The van der Waals surface area contributed by atoms with Crippen molar-refractivity contribution in [2.24, 2.45) is 0 Å². The van der Waals surface area contributed by atoms with Crippen molar-refractivity contribution in [3.8, 4) is 0 Å². The molecule has 18 heavy (non-hydrogen) atoms. The van der Waals surface area contributed by atoms with E-state index in [1.165, 1.54) is 24.3 Å². The molecule has 1 aromatic carbocycles. The van der Waals surface area contributed by atoms with Gasteiger partial charge >= 0.3 is 0 Å². The first-order valence-electron chi connectivity index (χ1n) is 6.57. The quantitative estimate of drug-likeness (QED) is 0.794. The number of nitrogens with zero attached hydrogens (tertiary/aromatic N) is 2. The van der Waals surface area contributed by atoms with Gasteiger partial charge in [0.15, 0.2) is 0 Å². The predicted molar refractivity (Wildman–Crippen MR) is 74.2 cm³/mol. The minimum Gasteiger partial charge on any atom is -0.327 e. The zero-order valence-corrected chi connectivity index (χ0v) is 10.6. The third kappa shape index (κ3) is 2.05. The first-order valence-corrected chi connectivity index (χ1v) is 6.57. The van der Waals surface area contributed by atoms with E-state index in [-0.39, 0.29) is 0 Å². The van der Waals surface area contributed by atoms with Gasteiger partial charge in [0.05, 0.1) is 11.0 Å². The highest BCUT2D eigenvalue weighted by atomic mass is 15.1. The number of para-hydroxylation sites is 2. The van der Waals surface area contributed by atoms with Crippen LogP contribution in [0.5, 0.6) is 0 Å². The third-order valence-corrected chi connectivity index (χ3v) is 3.31. The first-order chi connectivity index (χ1) is 8.90. The lowest BCUT2D eigenvalue weighted by Crippen LogP contribution is -2.08. The Bertz CT molecular complexity index is 521. The molecule has 1 aromatic heterocycles. The second-order valence-electron chi connectivity index (χ2n) is 4.60. The Morgan fingerprint density at radius 1 is 1.11 bits per heavy atom. The van der Waals surface area contributed by atoms with Gasteiger partial charge in [-0.1, -0.05) is 25.5 Å². The van der Waals surface area contributed by atoms with E-state index in [9.17, 15) is 0 Å². The van der Waals surface area contributed by atoms with Crippen molar-refractivity contribution in [1.82, 2.24) is 9.55 Å². The zero-order valence-electron chi connectivity index (χ0n) is 10.6. The molecule has 0 saturated heterocycles. The lowest BCUT2D eigenvalue weighted by atomic mass is 10.1. The van der Waals surface area contributed by atoms with Crippen LogP contribution in [0, 0.1) is 31.6 Å². The van der Waals surface area contributed by atoms with Crippen molar-refractivity contribution >= 4 is 11.0 Å². The molecule has 0 aliphatic heterocycles. The van der Waals surface area contributed by atoms with Crippen molar-refractivity contribution in [3.63, 3.8) is 0 Å². The highest BCUT2D eigenvalue weighted by Crippen LogP contribution is 2.31. The predicted octanol–water partition coefficient (Wildman–Crippen LogP) is 3.59.